The third kappa shape index (κ3) is 6.10. The Morgan fingerprint density at radius 2 is 1.46 bits per heavy atom. The Hall–Kier alpha value is -3.60. The molecule has 0 bridgehead atoms. The van der Waals surface area contributed by atoms with Crippen LogP contribution in [0.3, 0.4) is 0 Å². The lowest BCUT2D eigenvalue weighted by atomic mass is 9.98. The SMILES string of the molecule is Cc1ccc(CCC(NC(=O)OCC2c3ccccc3-c3ccccc32)C(=O)OC(C)(C)C)cc1. The molecule has 1 atom stereocenters. The van der Waals surface area contributed by atoms with E-state index in [0.29, 0.717) is 12.8 Å². The molecule has 0 saturated heterocycles. The molecular weight excluding hydrogens is 438 g/mol. The Kier molecular flexibility index (Phi) is 7.25. The van der Waals surface area contributed by atoms with Gasteiger partial charge in [0.05, 0.1) is 0 Å². The fourth-order valence-electron chi connectivity index (χ4n) is 4.47. The molecule has 35 heavy (non-hydrogen) atoms. The quantitative estimate of drug-likeness (QED) is 0.418. The van der Waals surface area contributed by atoms with Gasteiger partial charge >= 0.3 is 12.1 Å². The second-order valence-corrected chi connectivity index (χ2v) is 10.1. The van der Waals surface area contributed by atoms with Gasteiger partial charge in [0.25, 0.3) is 0 Å². The minimum Gasteiger partial charge on any atom is -0.458 e. The molecule has 5 heteroatoms. The number of carbonyl (C=O) groups is 2. The van der Waals surface area contributed by atoms with Gasteiger partial charge in [-0.05, 0) is 68.4 Å². The summed E-state index contributed by atoms with van der Waals surface area (Å²) in [6, 6.07) is 23.7. The van der Waals surface area contributed by atoms with Gasteiger partial charge in [-0.25, -0.2) is 9.59 Å². The molecule has 3 aromatic carbocycles. The zero-order valence-electron chi connectivity index (χ0n) is 20.8. The van der Waals surface area contributed by atoms with Gasteiger partial charge in [0.2, 0.25) is 0 Å². The predicted octanol–water partition coefficient (Wildman–Crippen LogP) is 6.18. The highest BCUT2D eigenvalue weighted by molar-refractivity contribution is 5.82. The van der Waals surface area contributed by atoms with Gasteiger partial charge in [-0.15, -0.1) is 0 Å². The number of amides is 1. The second-order valence-electron chi connectivity index (χ2n) is 10.1. The molecular formula is C30H33NO4. The van der Waals surface area contributed by atoms with E-state index in [1.54, 1.807) is 0 Å². The fourth-order valence-corrected chi connectivity index (χ4v) is 4.47. The van der Waals surface area contributed by atoms with E-state index in [1.807, 2.05) is 76.2 Å². The molecule has 1 N–H and O–H groups in total. The molecule has 5 nitrogen and oxygen atoms in total. The number of ether oxygens (including phenoxy) is 2. The van der Waals surface area contributed by atoms with E-state index >= 15 is 0 Å². The Morgan fingerprint density at radius 3 is 2.03 bits per heavy atom. The Morgan fingerprint density at radius 1 is 0.886 bits per heavy atom. The van der Waals surface area contributed by atoms with Crippen molar-refractivity contribution in [2.75, 3.05) is 6.61 Å². The molecule has 0 radical (unpaired) electrons. The van der Waals surface area contributed by atoms with Crippen LogP contribution < -0.4 is 5.32 Å². The molecule has 0 aliphatic heterocycles. The van der Waals surface area contributed by atoms with Gasteiger partial charge in [0.15, 0.2) is 0 Å². The minimum absolute atomic E-state index is 0.0410. The van der Waals surface area contributed by atoms with Gasteiger partial charge in [-0.1, -0.05) is 78.4 Å². The average molecular weight is 472 g/mol. The smallest absolute Gasteiger partial charge is 0.407 e. The van der Waals surface area contributed by atoms with Crippen molar-refractivity contribution in [3.63, 3.8) is 0 Å². The van der Waals surface area contributed by atoms with Crippen molar-refractivity contribution in [1.82, 2.24) is 5.32 Å². The van der Waals surface area contributed by atoms with Crippen LogP contribution in [0.15, 0.2) is 72.8 Å². The van der Waals surface area contributed by atoms with Crippen LogP contribution in [0.5, 0.6) is 0 Å². The van der Waals surface area contributed by atoms with E-state index in [2.05, 4.69) is 29.6 Å². The summed E-state index contributed by atoms with van der Waals surface area (Å²) >= 11 is 0. The number of fused-ring (bicyclic) bond motifs is 3. The number of alkyl carbamates (subject to hydrolysis) is 1. The summed E-state index contributed by atoms with van der Waals surface area (Å²) in [5.74, 6) is -0.501. The summed E-state index contributed by atoms with van der Waals surface area (Å²) in [5.41, 5.74) is 6.24. The van der Waals surface area contributed by atoms with E-state index in [1.165, 1.54) is 16.7 Å². The Bertz CT molecular complexity index is 1150. The number of benzene rings is 3. The number of rotatable bonds is 7. The van der Waals surface area contributed by atoms with Crippen LogP contribution in [0, 0.1) is 6.92 Å². The number of esters is 1. The van der Waals surface area contributed by atoms with E-state index < -0.39 is 23.7 Å². The second kappa shape index (κ2) is 10.3. The first kappa shape index (κ1) is 24.5. The summed E-state index contributed by atoms with van der Waals surface area (Å²) in [4.78, 5) is 25.7. The maximum Gasteiger partial charge on any atom is 0.407 e. The predicted molar refractivity (Wildman–Crippen MR) is 137 cm³/mol. The topological polar surface area (TPSA) is 64.6 Å². The molecule has 0 saturated carbocycles. The van der Waals surface area contributed by atoms with Gasteiger partial charge in [-0.3, -0.25) is 0 Å². The molecule has 0 fully saturated rings. The summed E-state index contributed by atoms with van der Waals surface area (Å²) in [7, 11) is 0. The first-order valence-corrected chi connectivity index (χ1v) is 12.1. The Labute approximate surface area is 207 Å². The average Bonchev–Trinajstić information content (AvgIpc) is 3.14. The van der Waals surface area contributed by atoms with Crippen LogP contribution in [-0.2, 0) is 20.7 Å². The molecule has 182 valence electrons. The lowest BCUT2D eigenvalue weighted by molar-refractivity contribution is -0.157. The standard InChI is InChI=1S/C30H33NO4/c1-20-13-15-21(16-14-20)17-18-27(28(32)35-30(2,3)4)31-29(33)34-19-26-24-11-7-5-9-22(24)23-10-6-8-12-25(23)26/h5-16,26-27H,17-19H2,1-4H3,(H,31,33). The van der Waals surface area contributed by atoms with Crippen molar-refractivity contribution < 1.29 is 19.1 Å². The van der Waals surface area contributed by atoms with Crippen LogP contribution in [0.25, 0.3) is 11.1 Å². The number of carbonyl (C=O) groups excluding carboxylic acids is 2. The molecule has 1 aliphatic carbocycles. The van der Waals surface area contributed by atoms with Crippen molar-refractivity contribution >= 4 is 12.1 Å². The fraction of sp³-hybridized carbons (Fsp3) is 0.333. The van der Waals surface area contributed by atoms with Crippen molar-refractivity contribution in [3.05, 3.63) is 95.1 Å². The lowest BCUT2D eigenvalue weighted by Gasteiger charge is -2.25. The van der Waals surface area contributed by atoms with E-state index in [9.17, 15) is 9.59 Å². The van der Waals surface area contributed by atoms with Crippen LogP contribution in [0.4, 0.5) is 4.79 Å². The monoisotopic (exact) mass is 471 g/mol. The molecule has 1 amide bonds. The van der Waals surface area contributed by atoms with Crippen LogP contribution in [0.2, 0.25) is 0 Å². The van der Waals surface area contributed by atoms with Crippen molar-refractivity contribution in [2.24, 2.45) is 0 Å². The number of aryl methyl sites for hydroxylation is 2. The lowest BCUT2D eigenvalue weighted by Crippen LogP contribution is -2.45. The molecule has 3 aromatic rings. The molecule has 0 aromatic heterocycles. The molecule has 4 rings (SSSR count). The third-order valence-corrected chi connectivity index (χ3v) is 6.17. The van der Waals surface area contributed by atoms with Gasteiger partial charge in [0.1, 0.15) is 18.2 Å². The normalized spacial score (nSPS) is 13.5. The van der Waals surface area contributed by atoms with E-state index in [-0.39, 0.29) is 12.5 Å². The molecule has 0 heterocycles. The van der Waals surface area contributed by atoms with Crippen LogP contribution in [-0.4, -0.2) is 30.3 Å². The van der Waals surface area contributed by atoms with Gasteiger partial charge in [0, 0.05) is 5.92 Å². The maximum atomic E-state index is 12.9. The van der Waals surface area contributed by atoms with Crippen LogP contribution in [0.1, 0.15) is 55.4 Å². The first-order valence-electron chi connectivity index (χ1n) is 12.1. The highest BCUT2D eigenvalue weighted by Crippen LogP contribution is 2.44. The summed E-state index contributed by atoms with van der Waals surface area (Å²) in [5, 5.41) is 2.76. The van der Waals surface area contributed by atoms with E-state index in [0.717, 1.165) is 16.7 Å². The largest absolute Gasteiger partial charge is 0.458 e. The molecule has 1 aliphatic rings. The Balaban J connectivity index is 1.42. The highest BCUT2D eigenvalue weighted by atomic mass is 16.6. The summed E-state index contributed by atoms with van der Waals surface area (Å²) < 4.78 is 11.2. The maximum absolute atomic E-state index is 12.9. The number of nitrogens with one attached hydrogen (secondary N) is 1. The first-order chi connectivity index (χ1) is 16.7. The minimum atomic E-state index is -0.800. The number of hydrogen-bond acceptors (Lipinski definition) is 4. The number of hydrogen-bond donors (Lipinski definition) is 1. The summed E-state index contributed by atoms with van der Waals surface area (Å²) in [6.45, 7) is 7.67. The van der Waals surface area contributed by atoms with Crippen molar-refractivity contribution in [1.29, 1.82) is 0 Å². The zero-order valence-corrected chi connectivity index (χ0v) is 20.8. The van der Waals surface area contributed by atoms with E-state index in [4.69, 9.17) is 9.47 Å². The van der Waals surface area contributed by atoms with Gasteiger partial charge < -0.3 is 14.8 Å². The third-order valence-electron chi connectivity index (χ3n) is 6.17. The highest BCUT2D eigenvalue weighted by Gasteiger charge is 2.31. The summed E-state index contributed by atoms with van der Waals surface area (Å²) in [6.07, 6.45) is 0.433. The van der Waals surface area contributed by atoms with Crippen molar-refractivity contribution in [2.45, 2.75) is 58.1 Å². The molecule has 0 spiro atoms. The zero-order chi connectivity index (χ0) is 25.0. The molecule has 1 unspecified atom stereocenters. The van der Waals surface area contributed by atoms with Crippen molar-refractivity contribution in [3.8, 4) is 11.1 Å². The van der Waals surface area contributed by atoms with Crippen LogP contribution >= 0.6 is 0 Å². The van der Waals surface area contributed by atoms with Gasteiger partial charge in [-0.2, -0.15) is 0 Å².